The predicted octanol–water partition coefficient (Wildman–Crippen LogP) is 3.65. The first-order valence-corrected chi connectivity index (χ1v) is 6.39. The molecule has 0 radical (unpaired) electrons. The van der Waals surface area contributed by atoms with E-state index in [1.54, 1.807) is 24.4 Å². The summed E-state index contributed by atoms with van der Waals surface area (Å²) in [7, 11) is 0. The third kappa shape index (κ3) is 2.61. The van der Waals surface area contributed by atoms with Crippen LogP contribution in [0, 0.1) is 0 Å². The summed E-state index contributed by atoms with van der Waals surface area (Å²) in [6, 6.07) is 6.11. The molecule has 0 atom stereocenters. The summed E-state index contributed by atoms with van der Waals surface area (Å²) in [6.07, 6.45) is -0.942. The van der Waals surface area contributed by atoms with Gasteiger partial charge >= 0.3 is 6.18 Å². The van der Waals surface area contributed by atoms with Crippen molar-refractivity contribution < 1.29 is 18.0 Å². The Hall–Kier alpha value is -2.37. The van der Waals surface area contributed by atoms with Gasteiger partial charge in [-0.1, -0.05) is 6.07 Å². The first-order chi connectivity index (χ1) is 9.95. The Bertz CT molecular complexity index is 696. The number of hydrogen-bond acceptors (Lipinski definition) is 2. The molecule has 6 heteroatoms. The van der Waals surface area contributed by atoms with Crippen LogP contribution in [0.1, 0.15) is 17.5 Å². The molecule has 1 aromatic carbocycles. The number of nitrogens with one attached hydrogen (secondary N) is 1. The maximum atomic E-state index is 13.2. The standard InChI is InChI=1S/C15H11F3N2O/c16-15(17,18)12-7-11(10-2-1-5-19-8-10)6-9-3-4-13(21)20-14(9)12/h1-2,5-8H,3-4H2,(H,20,21). The monoisotopic (exact) mass is 292 g/mol. The lowest BCUT2D eigenvalue weighted by atomic mass is 9.93. The van der Waals surface area contributed by atoms with E-state index in [1.807, 2.05) is 0 Å². The van der Waals surface area contributed by atoms with E-state index >= 15 is 0 Å². The zero-order valence-corrected chi connectivity index (χ0v) is 10.9. The molecule has 2 heterocycles. The Morgan fingerprint density at radius 2 is 1.95 bits per heavy atom. The number of halogens is 3. The molecule has 0 saturated carbocycles. The molecule has 0 unspecified atom stereocenters. The van der Waals surface area contributed by atoms with Crippen molar-refractivity contribution in [2.24, 2.45) is 0 Å². The molecule has 108 valence electrons. The molecule has 1 N–H and O–H groups in total. The van der Waals surface area contributed by atoms with Gasteiger partial charge in [-0.2, -0.15) is 13.2 Å². The van der Waals surface area contributed by atoms with Crippen LogP contribution < -0.4 is 5.32 Å². The van der Waals surface area contributed by atoms with Gasteiger partial charge in [0.1, 0.15) is 0 Å². The summed E-state index contributed by atoms with van der Waals surface area (Å²) in [5, 5.41) is 2.34. The number of alkyl halides is 3. The lowest BCUT2D eigenvalue weighted by molar-refractivity contribution is -0.137. The van der Waals surface area contributed by atoms with E-state index in [1.165, 1.54) is 6.20 Å². The molecule has 0 spiro atoms. The second-order valence-corrected chi connectivity index (χ2v) is 4.85. The minimum absolute atomic E-state index is 0.119. The molecule has 0 aliphatic carbocycles. The number of benzene rings is 1. The minimum Gasteiger partial charge on any atom is -0.325 e. The van der Waals surface area contributed by atoms with Gasteiger partial charge in [0.2, 0.25) is 5.91 Å². The van der Waals surface area contributed by atoms with E-state index in [-0.39, 0.29) is 18.0 Å². The summed E-state index contributed by atoms with van der Waals surface area (Å²) in [4.78, 5) is 15.3. The van der Waals surface area contributed by atoms with Gasteiger partial charge in [-0.25, -0.2) is 0 Å². The third-order valence-corrected chi connectivity index (χ3v) is 3.41. The van der Waals surface area contributed by atoms with Crippen LogP contribution in [0.25, 0.3) is 11.1 Å². The molecule has 1 aromatic heterocycles. The normalized spacial score (nSPS) is 14.5. The van der Waals surface area contributed by atoms with Gasteiger partial charge in [0.05, 0.1) is 11.3 Å². The van der Waals surface area contributed by atoms with Crippen LogP contribution in [0.5, 0.6) is 0 Å². The van der Waals surface area contributed by atoms with E-state index in [0.717, 1.165) is 6.07 Å². The number of fused-ring (bicyclic) bond motifs is 1. The van der Waals surface area contributed by atoms with Crippen molar-refractivity contribution in [3.63, 3.8) is 0 Å². The molecule has 3 nitrogen and oxygen atoms in total. The predicted molar refractivity (Wildman–Crippen MR) is 71.6 cm³/mol. The number of nitrogens with zero attached hydrogens (tertiary/aromatic N) is 1. The van der Waals surface area contributed by atoms with Gasteiger partial charge in [0.25, 0.3) is 0 Å². The zero-order chi connectivity index (χ0) is 15.0. The summed E-state index contributed by atoms with van der Waals surface area (Å²) in [6.45, 7) is 0. The number of anilines is 1. The number of aromatic nitrogens is 1. The topological polar surface area (TPSA) is 42.0 Å². The number of carbonyl (C=O) groups excluding carboxylic acids is 1. The van der Waals surface area contributed by atoms with Gasteiger partial charge in [0, 0.05) is 24.4 Å². The Kier molecular flexibility index (Phi) is 3.16. The molecule has 0 bridgehead atoms. The maximum Gasteiger partial charge on any atom is 0.418 e. The lowest BCUT2D eigenvalue weighted by Gasteiger charge is -2.23. The molecular formula is C15H11F3N2O. The second kappa shape index (κ2) is 4.87. The highest BCUT2D eigenvalue weighted by Gasteiger charge is 2.36. The van der Waals surface area contributed by atoms with Crippen molar-refractivity contribution in [3.8, 4) is 11.1 Å². The molecule has 1 amide bonds. The Morgan fingerprint density at radius 3 is 2.62 bits per heavy atom. The van der Waals surface area contributed by atoms with Gasteiger partial charge in [0.15, 0.2) is 0 Å². The first kappa shape index (κ1) is 13.6. The summed E-state index contributed by atoms with van der Waals surface area (Å²) >= 11 is 0. The van der Waals surface area contributed by atoms with Crippen LogP contribution in [0.3, 0.4) is 0 Å². The van der Waals surface area contributed by atoms with Crippen LogP contribution in [-0.2, 0) is 17.4 Å². The molecule has 0 saturated heterocycles. The van der Waals surface area contributed by atoms with E-state index in [9.17, 15) is 18.0 Å². The minimum atomic E-state index is -4.52. The summed E-state index contributed by atoms with van der Waals surface area (Å²) in [5.74, 6) is -0.387. The average Bonchev–Trinajstić information content (AvgIpc) is 2.46. The van der Waals surface area contributed by atoms with Crippen molar-refractivity contribution >= 4 is 11.6 Å². The van der Waals surface area contributed by atoms with Crippen molar-refractivity contribution in [1.29, 1.82) is 0 Å². The molecule has 21 heavy (non-hydrogen) atoms. The molecule has 1 aliphatic heterocycles. The van der Waals surface area contributed by atoms with Crippen molar-refractivity contribution in [3.05, 3.63) is 47.8 Å². The van der Waals surface area contributed by atoms with Gasteiger partial charge in [-0.3, -0.25) is 9.78 Å². The molecular weight excluding hydrogens is 281 g/mol. The van der Waals surface area contributed by atoms with Gasteiger partial charge < -0.3 is 5.32 Å². The number of pyridine rings is 1. The number of rotatable bonds is 1. The highest BCUT2D eigenvalue weighted by atomic mass is 19.4. The zero-order valence-electron chi connectivity index (χ0n) is 10.9. The number of carbonyl (C=O) groups is 1. The SMILES string of the molecule is O=C1CCc2cc(-c3cccnc3)cc(C(F)(F)F)c2N1. The summed E-state index contributed by atoms with van der Waals surface area (Å²) < 4.78 is 39.7. The van der Waals surface area contributed by atoms with Crippen LogP contribution in [0.15, 0.2) is 36.7 Å². The molecule has 1 aliphatic rings. The van der Waals surface area contributed by atoms with Gasteiger partial charge in [-0.15, -0.1) is 0 Å². The van der Waals surface area contributed by atoms with Crippen molar-refractivity contribution in [2.75, 3.05) is 5.32 Å². The van der Waals surface area contributed by atoms with Crippen LogP contribution >= 0.6 is 0 Å². The smallest absolute Gasteiger partial charge is 0.325 e. The Balaban J connectivity index is 2.20. The van der Waals surface area contributed by atoms with E-state index in [0.29, 0.717) is 23.1 Å². The van der Waals surface area contributed by atoms with Crippen LogP contribution in [0.2, 0.25) is 0 Å². The molecule has 3 rings (SSSR count). The average molecular weight is 292 g/mol. The lowest BCUT2D eigenvalue weighted by Crippen LogP contribution is -2.23. The second-order valence-electron chi connectivity index (χ2n) is 4.85. The number of hydrogen-bond donors (Lipinski definition) is 1. The van der Waals surface area contributed by atoms with Crippen LogP contribution in [0.4, 0.5) is 18.9 Å². The number of aryl methyl sites for hydroxylation is 1. The van der Waals surface area contributed by atoms with Crippen molar-refractivity contribution in [1.82, 2.24) is 4.98 Å². The number of amides is 1. The Labute approximate surface area is 118 Å². The highest BCUT2D eigenvalue weighted by molar-refractivity contribution is 5.95. The van der Waals surface area contributed by atoms with Crippen LogP contribution in [-0.4, -0.2) is 10.9 Å². The Morgan fingerprint density at radius 1 is 1.14 bits per heavy atom. The third-order valence-electron chi connectivity index (χ3n) is 3.41. The van der Waals surface area contributed by atoms with Gasteiger partial charge in [-0.05, 0) is 35.7 Å². The first-order valence-electron chi connectivity index (χ1n) is 6.39. The fourth-order valence-corrected chi connectivity index (χ4v) is 2.42. The van der Waals surface area contributed by atoms with E-state index in [2.05, 4.69) is 10.3 Å². The fourth-order valence-electron chi connectivity index (χ4n) is 2.42. The van der Waals surface area contributed by atoms with E-state index in [4.69, 9.17) is 0 Å². The maximum absolute atomic E-state index is 13.2. The fraction of sp³-hybridized carbons (Fsp3) is 0.200. The highest BCUT2D eigenvalue weighted by Crippen LogP contribution is 2.41. The summed E-state index contributed by atoms with van der Waals surface area (Å²) in [5.41, 5.74) is 0.634. The van der Waals surface area contributed by atoms with Crippen molar-refractivity contribution in [2.45, 2.75) is 19.0 Å². The molecule has 0 fully saturated rings. The van der Waals surface area contributed by atoms with E-state index < -0.39 is 11.7 Å². The quantitative estimate of drug-likeness (QED) is 0.871. The largest absolute Gasteiger partial charge is 0.418 e. The molecule has 2 aromatic rings.